The molecule has 0 radical (unpaired) electrons. The Morgan fingerprint density at radius 3 is 2.64 bits per heavy atom. The Morgan fingerprint density at radius 2 is 1.88 bits per heavy atom. The summed E-state index contributed by atoms with van der Waals surface area (Å²) < 4.78 is 0. The highest BCUT2D eigenvalue weighted by atomic mass is 35.5. The summed E-state index contributed by atoms with van der Waals surface area (Å²) in [4.78, 5) is 41.5. The first-order valence-corrected chi connectivity index (χ1v) is 8.61. The summed E-state index contributed by atoms with van der Waals surface area (Å²) in [5.41, 5.74) is 3.05. The van der Waals surface area contributed by atoms with E-state index in [9.17, 15) is 14.4 Å². The van der Waals surface area contributed by atoms with Crippen LogP contribution < -0.4 is 10.8 Å². The average Bonchev–Trinajstić information content (AvgIpc) is 2.61. The van der Waals surface area contributed by atoms with Crippen molar-refractivity contribution >= 4 is 46.8 Å². The standard InChI is InChI=1S/C17H13ClN2O4S/c18-11-7-5-10(6-8-11)17(23)24-20-15(21)9-14-16(22)19-12-3-1-2-4-13(12)25-14/h1-8,14H,9H2,(H,19,22)(H,20,21). The number of hydroxylamine groups is 1. The largest absolute Gasteiger partial charge is 0.362 e. The molecule has 6 nitrogen and oxygen atoms in total. The Morgan fingerprint density at radius 1 is 1.16 bits per heavy atom. The van der Waals surface area contributed by atoms with Crippen LogP contribution >= 0.6 is 23.4 Å². The minimum Gasteiger partial charge on any atom is -0.335 e. The van der Waals surface area contributed by atoms with Crippen molar-refractivity contribution in [2.75, 3.05) is 5.32 Å². The van der Waals surface area contributed by atoms with E-state index in [0.717, 1.165) is 10.6 Å². The molecular formula is C17H13ClN2O4S. The van der Waals surface area contributed by atoms with Crippen LogP contribution in [0.2, 0.25) is 5.02 Å². The van der Waals surface area contributed by atoms with Crippen LogP contribution in [0.1, 0.15) is 16.8 Å². The van der Waals surface area contributed by atoms with Crippen LogP contribution in [0.4, 0.5) is 5.69 Å². The van der Waals surface area contributed by atoms with Crippen LogP contribution in [0.5, 0.6) is 0 Å². The van der Waals surface area contributed by atoms with Gasteiger partial charge in [-0.15, -0.1) is 11.8 Å². The van der Waals surface area contributed by atoms with Crippen molar-refractivity contribution in [2.45, 2.75) is 16.6 Å². The van der Waals surface area contributed by atoms with E-state index in [2.05, 4.69) is 10.8 Å². The van der Waals surface area contributed by atoms with E-state index < -0.39 is 17.1 Å². The maximum absolute atomic E-state index is 12.1. The molecule has 0 fully saturated rings. The zero-order chi connectivity index (χ0) is 17.8. The van der Waals surface area contributed by atoms with Gasteiger partial charge in [-0.2, -0.15) is 5.48 Å². The lowest BCUT2D eigenvalue weighted by Gasteiger charge is -2.23. The van der Waals surface area contributed by atoms with Crippen molar-refractivity contribution in [1.29, 1.82) is 0 Å². The van der Waals surface area contributed by atoms with Crippen LogP contribution in [0.15, 0.2) is 53.4 Å². The average molecular weight is 377 g/mol. The van der Waals surface area contributed by atoms with E-state index in [-0.39, 0.29) is 17.9 Å². The summed E-state index contributed by atoms with van der Waals surface area (Å²) >= 11 is 7.04. The van der Waals surface area contributed by atoms with E-state index >= 15 is 0 Å². The molecule has 0 saturated carbocycles. The van der Waals surface area contributed by atoms with Gasteiger partial charge in [-0.1, -0.05) is 23.7 Å². The lowest BCUT2D eigenvalue weighted by atomic mass is 10.2. The molecule has 25 heavy (non-hydrogen) atoms. The maximum Gasteiger partial charge on any atom is 0.362 e. The maximum atomic E-state index is 12.1. The zero-order valence-electron chi connectivity index (χ0n) is 12.8. The van der Waals surface area contributed by atoms with Crippen molar-refractivity contribution in [3.8, 4) is 0 Å². The Balaban J connectivity index is 1.53. The minimum atomic E-state index is -0.712. The highest BCUT2D eigenvalue weighted by Gasteiger charge is 2.29. The van der Waals surface area contributed by atoms with E-state index in [1.54, 1.807) is 18.2 Å². The zero-order valence-corrected chi connectivity index (χ0v) is 14.4. The molecule has 1 atom stereocenters. The SMILES string of the molecule is O=C(CC1Sc2ccccc2NC1=O)NOC(=O)c1ccc(Cl)cc1. The number of nitrogens with one attached hydrogen (secondary N) is 2. The molecule has 0 aliphatic carbocycles. The van der Waals surface area contributed by atoms with Crippen LogP contribution in [-0.2, 0) is 14.4 Å². The van der Waals surface area contributed by atoms with Gasteiger partial charge >= 0.3 is 5.97 Å². The van der Waals surface area contributed by atoms with Crippen LogP contribution in [0.25, 0.3) is 0 Å². The summed E-state index contributed by atoms with van der Waals surface area (Å²) in [6, 6.07) is 13.4. The Hall–Kier alpha value is -2.51. The summed E-state index contributed by atoms with van der Waals surface area (Å²) in [5, 5.41) is 2.65. The smallest absolute Gasteiger partial charge is 0.335 e. The number of carbonyl (C=O) groups is 3. The van der Waals surface area contributed by atoms with Gasteiger partial charge in [-0.3, -0.25) is 9.59 Å². The fraction of sp³-hybridized carbons (Fsp3) is 0.118. The molecule has 2 aromatic carbocycles. The number of anilines is 1. The first kappa shape index (κ1) is 17.3. The molecule has 2 N–H and O–H groups in total. The third kappa shape index (κ3) is 4.32. The van der Waals surface area contributed by atoms with Crippen LogP contribution in [-0.4, -0.2) is 23.0 Å². The molecule has 0 spiro atoms. The summed E-state index contributed by atoms with van der Waals surface area (Å²) in [5.74, 6) is -1.53. The van der Waals surface area contributed by atoms with Crippen molar-refractivity contribution < 1.29 is 19.2 Å². The van der Waals surface area contributed by atoms with Gasteiger partial charge in [-0.05, 0) is 36.4 Å². The normalized spacial score (nSPS) is 15.7. The number of fused-ring (bicyclic) bond motifs is 1. The van der Waals surface area contributed by atoms with Gasteiger partial charge in [0.1, 0.15) is 0 Å². The van der Waals surface area contributed by atoms with Gasteiger partial charge in [0.05, 0.1) is 22.9 Å². The number of hydrogen-bond acceptors (Lipinski definition) is 5. The summed E-state index contributed by atoms with van der Waals surface area (Å²) in [6.45, 7) is 0. The Labute approximate surface area is 152 Å². The lowest BCUT2D eigenvalue weighted by molar-refractivity contribution is -0.131. The number of benzene rings is 2. The van der Waals surface area contributed by atoms with Crippen molar-refractivity contribution in [3.05, 3.63) is 59.1 Å². The molecule has 3 rings (SSSR count). The van der Waals surface area contributed by atoms with Gasteiger partial charge in [0, 0.05) is 9.92 Å². The van der Waals surface area contributed by atoms with Gasteiger partial charge in [0.15, 0.2) is 0 Å². The molecule has 2 aromatic rings. The highest BCUT2D eigenvalue weighted by molar-refractivity contribution is 8.01. The first-order valence-electron chi connectivity index (χ1n) is 7.35. The summed E-state index contributed by atoms with van der Waals surface area (Å²) in [6.07, 6.45) is -0.112. The third-order valence-corrected chi connectivity index (χ3v) is 4.94. The molecule has 1 aliphatic rings. The second-order valence-corrected chi connectivity index (χ2v) is 6.90. The molecule has 0 aromatic heterocycles. The van der Waals surface area contributed by atoms with Crippen LogP contribution in [0, 0.1) is 0 Å². The molecule has 1 aliphatic heterocycles. The number of carbonyl (C=O) groups excluding carboxylic acids is 3. The molecule has 1 unspecified atom stereocenters. The van der Waals surface area contributed by atoms with Crippen molar-refractivity contribution in [3.63, 3.8) is 0 Å². The van der Waals surface area contributed by atoms with Crippen molar-refractivity contribution in [1.82, 2.24) is 5.48 Å². The number of hydrogen-bond donors (Lipinski definition) is 2. The molecular weight excluding hydrogens is 364 g/mol. The van der Waals surface area contributed by atoms with Gasteiger partial charge in [0.25, 0.3) is 5.91 Å². The quantitative estimate of drug-likeness (QED) is 0.804. The number of halogens is 1. The Bertz CT molecular complexity index is 826. The lowest BCUT2D eigenvalue weighted by Crippen LogP contribution is -2.35. The second kappa shape index (κ2) is 7.58. The minimum absolute atomic E-state index is 0.112. The molecule has 0 saturated heterocycles. The number of amides is 2. The van der Waals surface area contributed by atoms with E-state index in [1.807, 2.05) is 18.2 Å². The molecule has 128 valence electrons. The first-order chi connectivity index (χ1) is 12.0. The van der Waals surface area contributed by atoms with E-state index in [1.165, 1.54) is 23.9 Å². The van der Waals surface area contributed by atoms with Crippen molar-refractivity contribution in [2.24, 2.45) is 0 Å². The third-order valence-electron chi connectivity index (χ3n) is 3.41. The topological polar surface area (TPSA) is 84.5 Å². The predicted octanol–water partition coefficient (Wildman–Crippen LogP) is 3.03. The number of thioether (sulfide) groups is 1. The second-order valence-electron chi connectivity index (χ2n) is 5.22. The number of rotatable bonds is 3. The van der Waals surface area contributed by atoms with E-state index in [0.29, 0.717) is 5.02 Å². The predicted molar refractivity (Wildman–Crippen MR) is 94.3 cm³/mol. The van der Waals surface area contributed by atoms with Gasteiger partial charge in [-0.25, -0.2) is 4.79 Å². The molecule has 1 heterocycles. The molecule has 8 heteroatoms. The van der Waals surface area contributed by atoms with Crippen LogP contribution in [0.3, 0.4) is 0 Å². The fourth-order valence-electron chi connectivity index (χ4n) is 2.19. The van der Waals surface area contributed by atoms with Gasteiger partial charge < -0.3 is 10.2 Å². The van der Waals surface area contributed by atoms with E-state index in [4.69, 9.17) is 16.4 Å². The molecule has 0 bridgehead atoms. The van der Waals surface area contributed by atoms with Gasteiger partial charge in [0.2, 0.25) is 5.91 Å². The Kier molecular flexibility index (Phi) is 5.25. The summed E-state index contributed by atoms with van der Waals surface area (Å²) in [7, 11) is 0. The fourth-order valence-corrected chi connectivity index (χ4v) is 3.42. The number of para-hydroxylation sites is 1. The highest BCUT2D eigenvalue weighted by Crippen LogP contribution is 2.36. The monoisotopic (exact) mass is 376 g/mol. The molecule has 2 amide bonds.